The first-order chi connectivity index (χ1) is 17.7. The Labute approximate surface area is 221 Å². The number of hydrazine groups is 1. The summed E-state index contributed by atoms with van der Waals surface area (Å²) in [6.07, 6.45) is -0.735. The van der Waals surface area contributed by atoms with Gasteiger partial charge in [0.15, 0.2) is 18.8 Å². The highest BCUT2D eigenvalue weighted by atomic mass is 35.5. The number of hydrogen-bond acceptors (Lipinski definition) is 11. The molecule has 2 heterocycles. The second-order valence-electron chi connectivity index (χ2n) is 7.89. The number of anilines is 1. The Bertz CT molecular complexity index is 1020. The fourth-order valence-electron chi connectivity index (χ4n) is 3.50. The van der Waals surface area contributed by atoms with Crippen molar-refractivity contribution in [1.29, 1.82) is 0 Å². The van der Waals surface area contributed by atoms with Gasteiger partial charge < -0.3 is 28.4 Å². The highest BCUT2D eigenvalue weighted by molar-refractivity contribution is 8.14. The lowest BCUT2D eigenvalue weighted by Gasteiger charge is -2.36. The zero-order valence-electron chi connectivity index (χ0n) is 20.2. The molecule has 0 aliphatic carbocycles. The average molecular weight is 564 g/mol. The second-order valence-corrected chi connectivity index (χ2v) is 9.05. The maximum Gasteiger partial charge on any atom is 0.428 e. The van der Waals surface area contributed by atoms with Gasteiger partial charge in [0, 0.05) is 38.0 Å². The van der Waals surface area contributed by atoms with Crippen LogP contribution in [-0.2, 0) is 28.5 Å². The minimum atomic E-state index is -0.785. The van der Waals surface area contributed by atoms with Crippen LogP contribution in [-0.4, -0.2) is 85.0 Å². The number of rotatable bonds is 8. The molecule has 12 nitrogen and oxygen atoms in total. The SMILES string of the molecule is CCOC(=O)N1CCCCN1C(=O)SNc1cc(OCC(=O)OC2COCC2OC(C)=O)c(Cl)cc1F. The van der Waals surface area contributed by atoms with E-state index in [9.17, 15) is 23.6 Å². The Hall–Kier alpha value is -2.97. The predicted octanol–water partition coefficient (Wildman–Crippen LogP) is 3.38. The van der Waals surface area contributed by atoms with Crippen molar-refractivity contribution >= 4 is 52.5 Å². The van der Waals surface area contributed by atoms with Crippen molar-refractivity contribution < 1.29 is 47.3 Å². The average Bonchev–Trinajstić information content (AvgIpc) is 3.28. The quantitative estimate of drug-likeness (QED) is 0.283. The van der Waals surface area contributed by atoms with Crippen molar-refractivity contribution in [3.63, 3.8) is 0 Å². The highest BCUT2D eigenvalue weighted by Crippen LogP contribution is 2.32. The molecule has 2 aliphatic heterocycles. The van der Waals surface area contributed by atoms with E-state index < -0.39 is 47.9 Å². The fraction of sp³-hybridized carbons (Fsp3) is 0.545. The van der Waals surface area contributed by atoms with E-state index in [1.165, 1.54) is 23.0 Å². The lowest BCUT2D eigenvalue weighted by atomic mass is 10.2. The van der Waals surface area contributed by atoms with Gasteiger partial charge in [-0.05, 0) is 25.8 Å². The first-order valence-corrected chi connectivity index (χ1v) is 12.6. The first-order valence-electron chi connectivity index (χ1n) is 11.4. The number of nitrogens with zero attached hydrogens (tertiary/aromatic N) is 2. The van der Waals surface area contributed by atoms with Crippen molar-refractivity contribution in [2.24, 2.45) is 0 Å². The minimum absolute atomic E-state index is 0.0408. The molecule has 0 bridgehead atoms. The summed E-state index contributed by atoms with van der Waals surface area (Å²) in [7, 11) is 0. The summed E-state index contributed by atoms with van der Waals surface area (Å²) >= 11 is 6.60. The molecule has 2 fully saturated rings. The Morgan fingerprint density at radius 3 is 2.49 bits per heavy atom. The van der Waals surface area contributed by atoms with E-state index in [-0.39, 0.29) is 36.3 Å². The van der Waals surface area contributed by atoms with Gasteiger partial charge in [0.05, 0.1) is 30.5 Å². The van der Waals surface area contributed by atoms with Crippen LogP contribution in [0, 0.1) is 5.82 Å². The van der Waals surface area contributed by atoms with Gasteiger partial charge in [-0.2, -0.15) is 0 Å². The van der Waals surface area contributed by atoms with E-state index in [1.807, 2.05) is 0 Å². The minimum Gasteiger partial charge on any atom is -0.480 e. The molecule has 2 aliphatic rings. The van der Waals surface area contributed by atoms with Gasteiger partial charge >= 0.3 is 23.3 Å². The van der Waals surface area contributed by atoms with Crippen LogP contribution >= 0.6 is 23.5 Å². The van der Waals surface area contributed by atoms with E-state index in [0.717, 1.165) is 6.07 Å². The van der Waals surface area contributed by atoms with Gasteiger partial charge in [-0.25, -0.2) is 24.0 Å². The molecule has 1 N–H and O–H groups in total. The van der Waals surface area contributed by atoms with Crippen LogP contribution in [0.2, 0.25) is 5.02 Å². The monoisotopic (exact) mass is 563 g/mol. The molecule has 0 aromatic heterocycles. The summed E-state index contributed by atoms with van der Waals surface area (Å²) in [5.41, 5.74) is -0.134. The van der Waals surface area contributed by atoms with Gasteiger partial charge in [-0.15, -0.1) is 0 Å². The normalized spacial score (nSPS) is 19.2. The van der Waals surface area contributed by atoms with Crippen LogP contribution < -0.4 is 9.46 Å². The maximum atomic E-state index is 14.5. The molecule has 0 saturated carbocycles. The van der Waals surface area contributed by atoms with Crippen LogP contribution in [0.3, 0.4) is 0 Å². The summed E-state index contributed by atoms with van der Waals surface area (Å²) in [4.78, 5) is 48.2. The molecular weight excluding hydrogens is 537 g/mol. The Balaban J connectivity index is 1.57. The topological polar surface area (TPSA) is 133 Å². The zero-order valence-corrected chi connectivity index (χ0v) is 21.8. The number of esters is 2. The van der Waals surface area contributed by atoms with Crippen LogP contribution in [0.15, 0.2) is 12.1 Å². The smallest absolute Gasteiger partial charge is 0.428 e. The lowest BCUT2D eigenvalue weighted by Crippen LogP contribution is -2.52. The molecule has 3 rings (SSSR count). The van der Waals surface area contributed by atoms with Gasteiger partial charge in [0.1, 0.15) is 11.6 Å². The van der Waals surface area contributed by atoms with Crippen molar-refractivity contribution in [3.05, 3.63) is 23.0 Å². The van der Waals surface area contributed by atoms with Gasteiger partial charge in [0.2, 0.25) is 0 Å². The Morgan fingerprint density at radius 1 is 1.14 bits per heavy atom. The number of carbonyl (C=O) groups is 4. The lowest BCUT2D eigenvalue weighted by molar-refractivity contribution is -0.163. The van der Waals surface area contributed by atoms with Crippen LogP contribution in [0.5, 0.6) is 5.75 Å². The zero-order chi connectivity index (χ0) is 26.9. The number of amides is 2. The predicted molar refractivity (Wildman–Crippen MR) is 129 cm³/mol. The van der Waals surface area contributed by atoms with E-state index in [0.29, 0.717) is 37.9 Å². The van der Waals surface area contributed by atoms with Crippen LogP contribution in [0.25, 0.3) is 0 Å². The van der Waals surface area contributed by atoms with Gasteiger partial charge in [-0.3, -0.25) is 9.59 Å². The van der Waals surface area contributed by atoms with Crippen molar-refractivity contribution in [3.8, 4) is 5.75 Å². The number of benzene rings is 1. The largest absolute Gasteiger partial charge is 0.480 e. The van der Waals surface area contributed by atoms with E-state index in [2.05, 4.69) is 4.72 Å². The number of ether oxygens (including phenoxy) is 5. The number of nitrogens with one attached hydrogen (secondary N) is 1. The van der Waals surface area contributed by atoms with E-state index in [1.54, 1.807) is 6.92 Å². The Kier molecular flexibility index (Phi) is 10.5. The third-order valence-corrected chi connectivity index (χ3v) is 6.17. The van der Waals surface area contributed by atoms with Crippen LogP contribution in [0.1, 0.15) is 26.7 Å². The summed E-state index contributed by atoms with van der Waals surface area (Å²) < 4.78 is 42.9. The molecule has 0 spiro atoms. The van der Waals surface area contributed by atoms with Gasteiger partial charge in [-0.1, -0.05) is 11.6 Å². The first kappa shape index (κ1) is 28.6. The Morgan fingerprint density at radius 2 is 1.81 bits per heavy atom. The molecule has 0 radical (unpaired) electrons. The molecule has 1 aromatic carbocycles. The molecule has 15 heteroatoms. The van der Waals surface area contributed by atoms with Crippen molar-refractivity contribution in [2.45, 2.75) is 38.9 Å². The van der Waals surface area contributed by atoms with Gasteiger partial charge in [0.25, 0.3) is 0 Å². The molecule has 2 amide bonds. The third-order valence-electron chi connectivity index (χ3n) is 5.17. The molecule has 37 heavy (non-hydrogen) atoms. The third kappa shape index (κ3) is 8.01. The molecule has 2 unspecified atom stereocenters. The maximum absolute atomic E-state index is 14.5. The number of carbonyl (C=O) groups excluding carboxylic acids is 4. The standard InChI is InChI=1S/C22H27ClFN3O9S/c1-3-33-21(30)26-6-4-5-7-27(26)22(31)37-25-16-9-17(14(23)8-15(16)24)34-12-20(29)36-19-11-32-10-18(19)35-13(2)28/h8-9,18-19,25H,3-7,10-12H2,1-2H3. The fourth-order valence-corrected chi connectivity index (χ4v) is 4.35. The molecule has 204 valence electrons. The summed E-state index contributed by atoms with van der Waals surface area (Å²) in [5, 5.41) is 1.79. The molecule has 1 aromatic rings. The van der Waals surface area contributed by atoms with E-state index in [4.69, 9.17) is 35.3 Å². The van der Waals surface area contributed by atoms with Crippen LogP contribution in [0.4, 0.5) is 19.7 Å². The van der Waals surface area contributed by atoms with Crippen molar-refractivity contribution in [2.75, 3.05) is 44.2 Å². The highest BCUT2D eigenvalue weighted by Gasteiger charge is 2.34. The number of halogens is 2. The molecule has 2 atom stereocenters. The summed E-state index contributed by atoms with van der Waals surface area (Å²) in [6.45, 7) is 3.28. The summed E-state index contributed by atoms with van der Waals surface area (Å²) in [6, 6.07) is 2.15. The number of hydrogen-bond donors (Lipinski definition) is 1. The molecule has 2 saturated heterocycles. The van der Waals surface area contributed by atoms with E-state index >= 15 is 0 Å². The molecular formula is C22H27ClFN3O9S. The summed E-state index contributed by atoms with van der Waals surface area (Å²) in [5.74, 6) is -2.12. The van der Waals surface area contributed by atoms with Crippen molar-refractivity contribution in [1.82, 2.24) is 10.0 Å². The second kappa shape index (κ2) is 13.5.